The number of nitrogens with one attached hydrogen (secondary N) is 1. The van der Waals surface area contributed by atoms with E-state index in [0.29, 0.717) is 13.0 Å². The molecular formula is C12H18BrNO4S. The first-order chi connectivity index (χ1) is 8.77. The van der Waals surface area contributed by atoms with Crippen LogP contribution in [-0.4, -0.2) is 39.4 Å². The molecule has 0 amide bonds. The fourth-order valence-corrected chi connectivity index (χ4v) is 2.78. The highest BCUT2D eigenvalue weighted by Crippen LogP contribution is 2.15. The summed E-state index contributed by atoms with van der Waals surface area (Å²) in [5, 5.41) is 9.99. The van der Waals surface area contributed by atoms with Crippen LogP contribution >= 0.6 is 15.9 Å². The van der Waals surface area contributed by atoms with E-state index in [2.05, 4.69) is 20.7 Å². The Morgan fingerprint density at radius 3 is 2.47 bits per heavy atom. The minimum atomic E-state index is -3.61. The van der Waals surface area contributed by atoms with Crippen LogP contribution in [0.25, 0.3) is 0 Å². The van der Waals surface area contributed by atoms with E-state index in [1.54, 1.807) is 19.1 Å². The van der Waals surface area contributed by atoms with Gasteiger partial charge in [-0.3, -0.25) is 0 Å². The van der Waals surface area contributed by atoms with Gasteiger partial charge in [-0.25, -0.2) is 13.1 Å². The standard InChI is InChI=1S/C12H18BrNO4S/c1-12(15,7-8-18-2)9-14-19(16,17)11-5-3-10(13)4-6-11/h3-6,14-15H,7-9H2,1-2H3. The van der Waals surface area contributed by atoms with Gasteiger partial charge in [0, 0.05) is 31.2 Å². The molecule has 19 heavy (non-hydrogen) atoms. The lowest BCUT2D eigenvalue weighted by atomic mass is 10.0. The fraction of sp³-hybridized carbons (Fsp3) is 0.500. The maximum atomic E-state index is 12.0. The van der Waals surface area contributed by atoms with Crippen molar-refractivity contribution in [3.63, 3.8) is 0 Å². The highest BCUT2D eigenvalue weighted by molar-refractivity contribution is 9.10. The Bertz CT molecular complexity index is 499. The van der Waals surface area contributed by atoms with Gasteiger partial charge in [0.15, 0.2) is 0 Å². The van der Waals surface area contributed by atoms with Crippen LogP contribution < -0.4 is 4.72 Å². The Balaban J connectivity index is 2.68. The number of rotatable bonds is 7. The molecule has 0 saturated carbocycles. The van der Waals surface area contributed by atoms with Gasteiger partial charge in [0.1, 0.15) is 0 Å². The van der Waals surface area contributed by atoms with Gasteiger partial charge in [-0.2, -0.15) is 0 Å². The van der Waals surface area contributed by atoms with Crippen molar-refractivity contribution in [2.24, 2.45) is 0 Å². The lowest BCUT2D eigenvalue weighted by molar-refractivity contribution is 0.0292. The van der Waals surface area contributed by atoms with Crippen LogP contribution in [0.4, 0.5) is 0 Å². The molecule has 1 aromatic carbocycles. The third-order valence-electron chi connectivity index (χ3n) is 2.61. The highest BCUT2D eigenvalue weighted by atomic mass is 79.9. The van der Waals surface area contributed by atoms with Crippen LogP contribution in [-0.2, 0) is 14.8 Å². The Kier molecular flexibility index (Phi) is 5.94. The van der Waals surface area contributed by atoms with E-state index >= 15 is 0 Å². The molecule has 0 bridgehead atoms. The van der Waals surface area contributed by atoms with Gasteiger partial charge in [-0.05, 0) is 31.2 Å². The molecule has 0 heterocycles. The number of hydrogen-bond acceptors (Lipinski definition) is 4. The SMILES string of the molecule is COCCC(C)(O)CNS(=O)(=O)c1ccc(Br)cc1. The molecular weight excluding hydrogens is 334 g/mol. The summed E-state index contributed by atoms with van der Waals surface area (Å²) in [6.07, 6.45) is 0.354. The Morgan fingerprint density at radius 2 is 1.95 bits per heavy atom. The van der Waals surface area contributed by atoms with Crippen molar-refractivity contribution < 1.29 is 18.3 Å². The van der Waals surface area contributed by atoms with Crippen molar-refractivity contribution in [2.75, 3.05) is 20.3 Å². The second kappa shape index (κ2) is 6.81. The predicted molar refractivity (Wildman–Crippen MR) is 76.4 cm³/mol. The Morgan fingerprint density at radius 1 is 1.37 bits per heavy atom. The summed E-state index contributed by atoms with van der Waals surface area (Å²) in [5.74, 6) is 0. The van der Waals surface area contributed by atoms with E-state index < -0.39 is 15.6 Å². The number of methoxy groups -OCH3 is 1. The number of benzene rings is 1. The number of ether oxygens (including phenoxy) is 1. The Labute approximate surface area is 122 Å². The van der Waals surface area contributed by atoms with Crippen LogP contribution in [0, 0.1) is 0 Å². The molecule has 0 aliphatic carbocycles. The van der Waals surface area contributed by atoms with Crippen molar-refractivity contribution in [2.45, 2.75) is 23.8 Å². The second-order valence-electron chi connectivity index (χ2n) is 4.52. The number of halogens is 1. The summed E-state index contributed by atoms with van der Waals surface area (Å²) < 4.78 is 32.1. The van der Waals surface area contributed by atoms with E-state index in [-0.39, 0.29) is 11.4 Å². The third-order valence-corrected chi connectivity index (χ3v) is 4.56. The fourth-order valence-electron chi connectivity index (χ4n) is 1.36. The zero-order chi connectivity index (χ0) is 14.5. The summed E-state index contributed by atoms with van der Waals surface area (Å²) in [6.45, 7) is 1.87. The molecule has 2 N–H and O–H groups in total. The van der Waals surface area contributed by atoms with Crippen LogP contribution in [0.15, 0.2) is 33.6 Å². The van der Waals surface area contributed by atoms with Crippen molar-refractivity contribution in [1.82, 2.24) is 4.72 Å². The van der Waals surface area contributed by atoms with Crippen molar-refractivity contribution in [3.05, 3.63) is 28.7 Å². The monoisotopic (exact) mass is 351 g/mol. The normalized spacial score (nSPS) is 15.2. The van der Waals surface area contributed by atoms with Gasteiger partial charge in [-0.1, -0.05) is 15.9 Å². The molecule has 0 aromatic heterocycles. The van der Waals surface area contributed by atoms with Crippen LogP contribution in [0.1, 0.15) is 13.3 Å². The molecule has 7 heteroatoms. The molecule has 0 spiro atoms. The third kappa shape index (κ3) is 5.58. The van der Waals surface area contributed by atoms with Gasteiger partial charge in [0.25, 0.3) is 0 Å². The first-order valence-corrected chi connectivity index (χ1v) is 8.01. The molecule has 1 atom stereocenters. The molecule has 1 aromatic rings. The summed E-state index contributed by atoms with van der Waals surface area (Å²) in [5.41, 5.74) is -1.14. The first kappa shape index (κ1) is 16.6. The predicted octanol–water partition coefficient (Wildman–Crippen LogP) is 1.51. The largest absolute Gasteiger partial charge is 0.389 e. The van der Waals surface area contributed by atoms with Crippen molar-refractivity contribution in [3.8, 4) is 0 Å². The highest BCUT2D eigenvalue weighted by Gasteiger charge is 2.23. The molecule has 0 fully saturated rings. The molecule has 5 nitrogen and oxygen atoms in total. The first-order valence-electron chi connectivity index (χ1n) is 5.73. The minimum Gasteiger partial charge on any atom is -0.389 e. The zero-order valence-electron chi connectivity index (χ0n) is 10.9. The number of aliphatic hydroxyl groups is 1. The number of hydrogen-bond donors (Lipinski definition) is 2. The van der Waals surface area contributed by atoms with E-state index in [4.69, 9.17) is 4.74 Å². The van der Waals surface area contributed by atoms with Crippen LogP contribution in [0.2, 0.25) is 0 Å². The van der Waals surface area contributed by atoms with Gasteiger partial charge in [0.05, 0.1) is 10.5 Å². The quantitative estimate of drug-likeness (QED) is 0.780. The van der Waals surface area contributed by atoms with E-state index in [9.17, 15) is 13.5 Å². The maximum Gasteiger partial charge on any atom is 0.240 e. The van der Waals surface area contributed by atoms with Crippen LogP contribution in [0.3, 0.4) is 0 Å². The van der Waals surface area contributed by atoms with Crippen LogP contribution in [0.5, 0.6) is 0 Å². The lowest BCUT2D eigenvalue weighted by Crippen LogP contribution is -2.41. The molecule has 1 unspecified atom stereocenters. The topological polar surface area (TPSA) is 75.6 Å². The van der Waals surface area contributed by atoms with Gasteiger partial charge in [-0.15, -0.1) is 0 Å². The average molecular weight is 352 g/mol. The van der Waals surface area contributed by atoms with E-state index in [0.717, 1.165) is 4.47 Å². The average Bonchev–Trinajstić information content (AvgIpc) is 2.35. The molecule has 0 aliphatic heterocycles. The van der Waals surface area contributed by atoms with Crippen molar-refractivity contribution in [1.29, 1.82) is 0 Å². The minimum absolute atomic E-state index is 0.0608. The second-order valence-corrected chi connectivity index (χ2v) is 7.20. The van der Waals surface area contributed by atoms with Gasteiger partial charge in [0.2, 0.25) is 10.0 Å². The summed E-state index contributed by atoms with van der Waals surface area (Å²) in [4.78, 5) is 0.165. The van der Waals surface area contributed by atoms with E-state index in [1.807, 2.05) is 0 Å². The summed E-state index contributed by atoms with van der Waals surface area (Å²) >= 11 is 3.24. The number of sulfonamides is 1. The summed E-state index contributed by atoms with van der Waals surface area (Å²) in [7, 11) is -2.08. The smallest absolute Gasteiger partial charge is 0.240 e. The van der Waals surface area contributed by atoms with Gasteiger partial charge >= 0.3 is 0 Å². The van der Waals surface area contributed by atoms with Gasteiger partial charge < -0.3 is 9.84 Å². The Hall–Kier alpha value is -0.470. The molecule has 108 valence electrons. The molecule has 0 aliphatic rings. The van der Waals surface area contributed by atoms with Crippen molar-refractivity contribution >= 4 is 26.0 Å². The lowest BCUT2D eigenvalue weighted by Gasteiger charge is -2.23. The zero-order valence-corrected chi connectivity index (χ0v) is 13.3. The van der Waals surface area contributed by atoms with E-state index in [1.165, 1.54) is 19.2 Å². The molecule has 1 rings (SSSR count). The maximum absolute atomic E-state index is 12.0. The molecule has 0 saturated heterocycles. The summed E-state index contributed by atoms with van der Waals surface area (Å²) in [6, 6.07) is 6.29. The molecule has 0 radical (unpaired) electrons.